The van der Waals surface area contributed by atoms with Crippen molar-refractivity contribution in [2.24, 2.45) is 0 Å². The van der Waals surface area contributed by atoms with Crippen molar-refractivity contribution in [2.75, 3.05) is 47.5 Å². The van der Waals surface area contributed by atoms with E-state index in [2.05, 4.69) is 74.6 Å². The normalized spacial score (nSPS) is 12.8. The summed E-state index contributed by atoms with van der Waals surface area (Å²) in [4.78, 5) is 37.7. The number of allylic oxidation sites excluding steroid dienone is 10. The number of carbonyl (C=O) groups is 3. The highest BCUT2D eigenvalue weighted by Gasteiger charge is 2.22. The van der Waals surface area contributed by atoms with Crippen LogP contribution in [0, 0.1) is 0 Å². The summed E-state index contributed by atoms with van der Waals surface area (Å²) in [5.74, 6) is -2.25. The number of rotatable bonds is 85. The van der Waals surface area contributed by atoms with Crippen LogP contribution in [0.1, 0.15) is 457 Å². The predicted molar refractivity (Wildman–Crippen MR) is 440 cm³/mol. The van der Waals surface area contributed by atoms with Gasteiger partial charge < -0.3 is 33.3 Å². The lowest BCUT2D eigenvalue weighted by atomic mass is 10.0. The quantitative estimate of drug-likeness (QED) is 0.0195. The van der Waals surface area contributed by atoms with Crippen LogP contribution in [-0.2, 0) is 33.3 Å². The van der Waals surface area contributed by atoms with Crippen LogP contribution in [-0.4, -0.2) is 82.3 Å². The van der Waals surface area contributed by atoms with E-state index in [-0.39, 0.29) is 32.2 Å². The molecule has 598 valence electrons. The summed E-state index contributed by atoms with van der Waals surface area (Å²) in [7, 11) is 5.96. The first-order chi connectivity index (χ1) is 50.1. The first-order valence-corrected chi connectivity index (χ1v) is 44.9. The Kier molecular flexibility index (Phi) is 81.2. The zero-order valence-corrected chi connectivity index (χ0v) is 68.8. The Morgan fingerprint density at radius 2 is 0.559 bits per heavy atom. The molecule has 0 aliphatic carbocycles. The number of quaternary nitrogens is 1. The molecule has 9 heteroatoms. The summed E-state index contributed by atoms with van der Waals surface area (Å²) in [5.41, 5.74) is 0. The number of carbonyl (C=O) groups excluding carboxylic acids is 3. The fraction of sp³-hybridized carbons (Fsp3) is 0.860. The Morgan fingerprint density at radius 1 is 0.304 bits per heavy atom. The molecule has 0 spiro atoms. The van der Waals surface area contributed by atoms with Gasteiger partial charge in [0.2, 0.25) is 0 Å². The number of likely N-dealkylation sites (N-methyl/N-ethyl adjacent to an activating group) is 1. The summed E-state index contributed by atoms with van der Waals surface area (Å²) in [6.45, 7) is 4.72. The van der Waals surface area contributed by atoms with Crippen LogP contribution >= 0.6 is 0 Å². The molecule has 0 aromatic heterocycles. The molecular weight excluding hydrogens is 1260 g/mol. The lowest BCUT2D eigenvalue weighted by molar-refractivity contribution is -0.870. The highest BCUT2D eigenvalue weighted by molar-refractivity contribution is 5.70. The molecule has 0 fully saturated rings. The van der Waals surface area contributed by atoms with Crippen LogP contribution in [0.5, 0.6) is 0 Å². The van der Waals surface area contributed by atoms with Gasteiger partial charge in [-0.2, -0.15) is 0 Å². The van der Waals surface area contributed by atoms with E-state index in [1.54, 1.807) is 0 Å². The number of hydrogen-bond acceptors (Lipinski definition) is 8. The van der Waals surface area contributed by atoms with Crippen molar-refractivity contribution in [1.29, 1.82) is 0 Å². The van der Waals surface area contributed by atoms with Crippen LogP contribution in [0.4, 0.5) is 0 Å². The van der Waals surface area contributed by atoms with Crippen molar-refractivity contribution in [3.8, 4) is 0 Å². The van der Waals surface area contributed by atoms with E-state index < -0.39 is 24.3 Å². The molecule has 0 aliphatic rings. The maximum absolute atomic E-state index is 13.0. The first kappa shape index (κ1) is 99.0. The molecule has 9 nitrogen and oxygen atoms in total. The number of hydrogen-bond donors (Lipinski definition) is 0. The van der Waals surface area contributed by atoms with Gasteiger partial charge in [-0.05, 0) is 57.8 Å². The van der Waals surface area contributed by atoms with E-state index in [1.807, 2.05) is 21.1 Å². The number of esters is 2. The minimum atomic E-state index is -1.62. The van der Waals surface area contributed by atoms with Crippen LogP contribution in [0.3, 0.4) is 0 Å². The van der Waals surface area contributed by atoms with Crippen molar-refractivity contribution >= 4 is 17.9 Å². The van der Waals surface area contributed by atoms with Crippen LogP contribution < -0.4 is 5.11 Å². The zero-order chi connectivity index (χ0) is 73.9. The molecule has 2 unspecified atom stereocenters. The van der Waals surface area contributed by atoms with Gasteiger partial charge >= 0.3 is 11.9 Å². The number of aliphatic carboxylic acids is 1. The first-order valence-electron chi connectivity index (χ1n) is 44.9. The Hall–Kier alpha value is -3.01. The van der Waals surface area contributed by atoms with Gasteiger partial charge in [0.25, 0.3) is 0 Å². The molecule has 0 saturated carbocycles. The number of nitrogens with zero attached hydrogens (tertiary/aromatic N) is 1. The summed E-state index contributed by atoms with van der Waals surface area (Å²) in [5, 5.41) is 11.9. The van der Waals surface area contributed by atoms with Gasteiger partial charge in [-0.15, -0.1) is 0 Å². The lowest BCUT2D eigenvalue weighted by Gasteiger charge is -2.26. The van der Waals surface area contributed by atoms with Crippen molar-refractivity contribution < 1.29 is 42.9 Å². The molecule has 0 aliphatic heterocycles. The Labute approximate surface area is 635 Å². The van der Waals surface area contributed by atoms with Crippen LogP contribution in [0.2, 0.25) is 0 Å². The molecule has 102 heavy (non-hydrogen) atoms. The van der Waals surface area contributed by atoms with E-state index in [0.29, 0.717) is 17.4 Å². The zero-order valence-electron chi connectivity index (χ0n) is 68.8. The van der Waals surface area contributed by atoms with Crippen LogP contribution in [0.15, 0.2) is 60.8 Å². The molecule has 0 heterocycles. The van der Waals surface area contributed by atoms with Gasteiger partial charge in [-0.3, -0.25) is 9.59 Å². The largest absolute Gasteiger partial charge is 0.545 e. The molecule has 0 aromatic carbocycles. The molecule has 0 amide bonds. The van der Waals surface area contributed by atoms with E-state index in [1.165, 1.54) is 360 Å². The molecule has 0 rings (SSSR count). The highest BCUT2D eigenvalue weighted by Crippen LogP contribution is 2.21. The SMILES string of the molecule is CC/C=C\C/C=C\C/C=C\C/C=C\C/C=C\CCCCCCCCCCCCCCCCCCCCCCCC(=O)OC(COC(=O)CCCCCCCCCCCCCCCCCCCCCCCCCCCCCCCCCCCCCCCCCC)COC(OCC[N+](C)(C)C)C(=O)[O-]. The maximum atomic E-state index is 13.0. The molecule has 0 saturated heterocycles. The second-order valence-corrected chi connectivity index (χ2v) is 31.9. The van der Waals surface area contributed by atoms with E-state index in [0.717, 1.165) is 70.6 Å². The number of unbranched alkanes of at least 4 members (excludes halogenated alkanes) is 60. The average molecular weight is 1430 g/mol. The second-order valence-electron chi connectivity index (χ2n) is 31.9. The molecule has 0 N–H and O–H groups in total. The van der Waals surface area contributed by atoms with Crippen molar-refractivity contribution in [3.63, 3.8) is 0 Å². The number of carboxylic acid groups (broad SMARTS) is 1. The average Bonchev–Trinajstić information content (AvgIpc) is 1.02. The van der Waals surface area contributed by atoms with Gasteiger partial charge in [0, 0.05) is 12.8 Å². The molecule has 0 bridgehead atoms. The number of ether oxygens (including phenoxy) is 4. The topological polar surface area (TPSA) is 111 Å². The molecule has 2 atom stereocenters. The molecular formula is C93H173NO8. The number of carboxylic acids is 1. The van der Waals surface area contributed by atoms with Gasteiger partial charge in [-0.1, -0.05) is 447 Å². The smallest absolute Gasteiger partial charge is 0.306 e. The third-order valence-corrected chi connectivity index (χ3v) is 20.5. The molecule has 0 aromatic rings. The summed E-state index contributed by atoms with van der Waals surface area (Å²) >= 11 is 0. The minimum Gasteiger partial charge on any atom is -0.545 e. The van der Waals surface area contributed by atoms with Crippen molar-refractivity contribution in [2.45, 2.75) is 469 Å². The predicted octanol–water partition coefficient (Wildman–Crippen LogP) is 28.0. The van der Waals surface area contributed by atoms with Gasteiger partial charge in [0.1, 0.15) is 13.2 Å². The Balaban J connectivity index is 3.89. The van der Waals surface area contributed by atoms with Gasteiger partial charge in [0.15, 0.2) is 12.4 Å². The second kappa shape index (κ2) is 83.6. The summed E-state index contributed by atoms with van der Waals surface area (Å²) in [6, 6.07) is 0. The Morgan fingerprint density at radius 3 is 0.833 bits per heavy atom. The maximum Gasteiger partial charge on any atom is 0.306 e. The standard InChI is InChI=1S/C93H173NO8/c1-6-8-10-12-14-16-18-20-22-24-26-28-30-32-34-36-38-40-42-44-45-46-48-49-51-53-55-57-59-61-63-65-67-69-71-73-75-77-79-81-83-90(95)100-87-89(88-101-93(92(97)98)99-86-85-94(3,4)5)102-91(96)84-82-80-78-76-74-72-70-68-66-64-62-60-58-56-54-52-50-47-43-41-39-37-35-33-31-29-27-25-23-21-19-17-15-13-11-9-7-2/h9,11,15,17,21,23,27,29,33,35,89,93H,6-8,10,12-14,16,18-20,22,24-26,28,30-32,34,36-88H2,1-5H3/b11-9-,17-15-,23-21-,29-27-,35-33-. The monoisotopic (exact) mass is 1430 g/mol. The fourth-order valence-electron chi connectivity index (χ4n) is 13.8. The van der Waals surface area contributed by atoms with E-state index >= 15 is 0 Å². The van der Waals surface area contributed by atoms with Crippen molar-refractivity contribution in [3.05, 3.63) is 60.8 Å². The van der Waals surface area contributed by atoms with E-state index in [4.69, 9.17) is 18.9 Å². The Bertz CT molecular complexity index is 1870. The van der Waals surface area contributed by atoms with Gasteiger partial charge in [0.05, 0.1) is 40.3 Å². The highest BCUT2D eigenvalue weighted by atomic mass is 16.7. The lowest BCUT2D eigenvalue weighted by Crippen LogP contribution is -2.44. The van der Waals surface area contributed by atoms with Crippen LogP contribution in [0.25, 0.3) is 0 Å². The third-order valence-electron chi connectivity index (χ3n) is 20.5. The van der Waals surface area contributed by atoms with Gasteiger partial charge in [-0.25, -0.2) is 0 Å². The minimum absolute atomic E-state index is 0.150. The van der Waals surface area contributed by atoms with Crippen molar-refractivity contribution in [1.82, 2.24) is 0 Å². The summed E-state index contributed by atoms with van der Waals surface area (Å²) in [6.07, 6.45) is 110. The molecule has 0 radical (unpaired) electrons. The third kappa shape index (κ3) is 84.3. The summed E-state index contributed by atoms with van der Waals surface area (Å²) < 4.78 is 22.9. The van der Waals surface area contributed by atoms with E-state index in [9.17, 15) is 19.5 Å². The fourth-order valence-corrected chi connectivity index (χ4v) is 13.8.